The largest absolute Gasteiger partial charge is 0.481 e. The molecule has 0 aliphatic carbocycles. The van der Waals surface area contributed by atoms with E-state index in [1.807, 2.05) is 0 Å². The van der Waals surface area contributed by atoms with Crippen molar-refractivity contribution in [2.45, 2.75) is 187 Å². The summed E-state index contributed by atoms with van der Waals surface area (Å²) < 4.78 is 5.87. The Balaban J connectivity index is 4.10. The summed E-state index contributed by atoms with van der Waals surface area (Å²) in [6.45, 7) is 4.42. The monoisotopic (exact) mass is 574 g/mol. The van der Waals surface area contributed by atoms with Crippen molar-refractivity contribution >= 4 is 11.9 Å². The summed E-state index contributed by atoms with van der Waals surface area (Å²) in [5.41, 5.74) is 0. The van der Waals surface area contributed by atoms with Crippen molar-refractivity contribution in [1.82, 2.24) is 0 Å². The van der Waals surface area contributed by atoms with Crippen LogP contribution in [0.15, 0.2) is 36.5 Å². The number of hydrogen-bond acceptors (Lipinski definition) is 3. The van der Waals surface area contributed by atoms with Crippen LogP contribution in [0, 0.1) is 0 Å². The topological polar surface area (TPSA) is 63.6 Å². The first-order chi connectivity index (χ1) is 20.1. The number of aliphatic carboxylic acids is 1. The first-order valence-electron chi connectivity index (χ1n) is 17.5. The van der Waals surface area contributed by atoms with Gasteiger partial charge in [0.25, 0.3) is 0 Å². The second-order valence-corrected chi connectivity index (χ2v) is 11.7. The average molecular weight is 575 g/mol. The SMILES string of the molecule is CC/C=C\C/C=C\C/C=C\C(CCCCCCCCC(=O)O)OC(=O)CCCCCCCCCCCCCCCC. The van der Waals surface area contributed by atoms with E-state index < -0.39 is 5.97 Å². The minimum atomic E-state index is -0.706. The summed E-state index contributed by atoms with van der Waals surface area (Å²) in [5, 5.41) is 8.74. The zero-order valence-corrected chi connectivity index (χ0v) is 27.1. The predicted octanol–water partition coefficient (Wildman–Crippen LogP) is 11.8. The van der Waals surface area contributed by atoms with Gasteiger partial charge in [0, 0.05) is 12.8 Å². The minimum absolute atomic E-state index is 0.0625. The van der Waals surface area contributed by atoms with Gasteiger partial charge >= 0.3 is 11.9 Å². The Bertz CT molecular complexity index is 664. The summed E-state index contributed by atoms with van der Waals surface area (Å²) in [6.07, 6.45) is 41.7. The molecule has 0 fully saturated rings. The molecule has 4 nitrogen and oxygen atoms in total. The molecule has 0 saturated heterocycles. The third-order valence-electron chi connectivity index (χ3n) is 7.61. The van der Waals surface area contributed by atoms with Crippen LogP contribution in [0.25, 0.3) is 0 Å². The highest BCUT2D eigenvalue weighted by Gasteiger charge is 2.11. The van der Waals surface area contributed by atoms with Crippen LogP contribution < -0.4 is 0 Å². The van der Waals surface area contributed by atoms with Gasteiger partial charge in [-0.25, -0.2) is 0 Å². The highest BCUT2D eigenvalue weighted by Crippen LogP contribution is 2.16. The lowest BCUT2D eigenvalue weighted by atomic mass is 10.0. The number of ether oxygens (including phenoxy) is 1. The van der Waals surface area contributed by atoms with Crippen LogP contribution in [-0.4, -0.2) is 23.1 Å². The zero-order valence-electron chi connectivity index (χ0n) is 27.1. The highest BCUT2D eigenvalue weighted by atomic mass is 16.5. The fourth-order valence-electron chi connectivity index (χ4n) is 5.06. The molecule has 1 N–H and O–H groups in total. The number of hydrogen-bond donors (Lipinski definition) is 1. The van der Waals surface area contributed by atoms with E-state index in [0.29, 0.717) is 6.42 Å². The number of carbonyl (C=O) groups is 2. The van der Waals surface area contributed by atoms with Crippen LogP contribution in [0.4, 0.5) is 0 Å². The van der Waals surface area contributed by atoms with E-state index >= 15 is 0 Å². The van der Waals surface area contributed by atoms with Crippen molar-refractivity contribution in [3.05, 3.63) is 36.5 Å². The number of allylic oxidation sites excluding steroid dienone is 5. The second kappa shape index (κ2) is 32.7. The van der Waals surface area contributed by atoms with Crippen molar-refractivity contribution in [2.75, 3.05) is 0 Å². The molecule has 1 unspecified atom stereocenters. The van der Waals surface area contributed by atoms with Gasteiger partial charge in [0.2, 0.25) is 0 Å². The lowest BCUT2D eigenvalue weighted by Crippen LogP contribution is -2.16. The van der Waals surface area contributed by atoms with Gasteiger partial charge in [0.05, 0.1) is 0 Å². The Morgan fingerprint density at radius 2 is 1.00 bits per heavy atom. The molecule has 4 heteroatoms. The lowest BCUT2D eigenvalue weighted by Gasteiger charge is -2.14. The molecule has 0 saturated carbocycles. The standard InChI is InChI=1S/C37H66O4/c1-3-5-7-9-11-13-14-15-16-17-18-20-26-30-34-37(40)41-35(31-27-23-19-12-10-8-6-4-2)32-28-24-21-22-25-29-33-36(38)39/h6,8,12,19,27,31,35H,3-5,7,9-11,13-18,20-26,28-30,32-34H2,1-2H3,(H,38,39)/b8-6-,19-12-,31-27-. The molecule has 0 aromatic heterocycles. The lowest BCUT2D eigenvalue weighted by molar-refractivity contribution is -0.147. The van der Waals surface area contributed by atoms with Crippen LogP contribution >= 0.6 is 0 Å². The maximum Gasteiger partial charge on any atom is 0.306 e. The van der Waals surface area contributed by atoms with E-state index in [1.165, 1.54) is 77.0 Å². The molecule has 1 atom stereocenters. The van der Waals surface area contributed by atoms with Crippen molar-refractivity contribution in [2.24, 2.45) is 0 Å². The van der Waals surface area contributed by atoms with Crippen molar-refractivity contribution in [1.29, 1.82) is 0 Å². The number of unbranched alkanes of at least 4 members (excludes halogenated alkanes) is 18. The highest BCUT2D eigenvalue weighted by molar-refractivity contribution is 5.69. The minimum Gasteiger partial charge on any atom is -0.481 e. The van der Waals surface area contributed by atoms with Crippen LogP contribution in [0.2, 0.25) is 0 Å². The molecule has 0 bridgehead atoms. The summed E-state index contributed by atoms with van der Waals surface area (Å²) in [7, 11) is 0. The third-order valence-corrected chi connectivity index (χ3v) is 7.61. The number of carboxylic acid groups (broad SMARTS) is 1. The summed E-state index contributed by atoms with van der Waals surface area (Å²) in [6, 6.07) is 0. The van der Waals surface area contributed by atoms with Crippen LogP contribution in [0.3, 0.4) is 0 Å². The molecule has 0 radical (unpaired) electrons. The van der Waals surface area contributed by atoms with Gasteiger partial charge in [-0.3, -0.25) is 9.59 Å². The molecular formula is C37H66O4. The molecule has 0 heterocycles. The predicted molar refractivity (Wildman–Crippen MR) is 176 cm³/mol. The van der Waals surface area contributed by atoms with E-state index in [-0.39, 0.29) is 18.5 Å². The van der Waals surface area contributed by atoms with Gasteiger partial charge in [0.1, 0.15) is 6.10 Å². The van der Waals surface area contributed by atoms with Gasteiger partial charge in [-0.1, -0.05) is 153 Å². The molecule has 0 aliphatic rings. The molecule has 0 aromatic rings. The normalized spacial score (nSPS) is 12.6. The number of rotatable bonds is 31. The van der Waals surface area contributed by atoms with Gasteiger partial charge in [0.15, 0.2) is 0 Å². The smallest absolute Gasteiger partial charge is 0.306 e. The molecule has 0 aromatic carbocycles. The molecular weight excluding hydrogens is 508 g/mol. The molecule has 0 aliphatic heterocycles. The summed E-state index contributed by atoms with van der Waals surface area (Å²) in [4.78, 5) is 23.2. The average Bonchev–Trinajstić information content (AvgIpc) is 2.95. The number of carboxylic acids is 1. The molecule has 0 amide bonds. The quantitative estimate of drug-likeness (QED) is 0.0508. The van der Waals surface area contributed by atoms with Crippen molar-refractivity contribution in [3.8, 4) is 0 Å². The maximum absolute atomic E-state index is 12.5. The fourth-order valence-corrected chi connectivity index (χ4v) is 5.06. The fraction of sp³-hybridized carbons (Fsp3) is 0.784. The van der Waals surface area contributed by atoms with E-state index in [9.17, 15) is 9.59 Å². The molecule has 0 spiro atoms. The van der Waals surface area contributed by atoms with Crippen molar-refractivity contribution < 1.29 is 19.4 Å². The molecule has 0 rings (SSSR count). The Kier molecular flexibility index (Phi) is 31.2. The van der Waals surface area contributed by atoms with E-state index in [2.05, 4.69) is 50.3 Å². The summed E-state index contributed by atoms with van der Waals surface area (Å²) >= 11 is 0. The number of carbonyl (C=O) groups excluding carboxylic acids is 1. The summed E-state index contributed by atoms with van der Waals surface area (Å²) in [5.74, 6) is -0.768. The maximum atomic E-state index is 12.5. The molecule has 238 valence electrons. The molecule has 41 heavy (non-hydrogen) atoms. The second-order valence-electron chi connectivity index (χ2n) is 11.7. The van der Waals surface area contributed by atoms with Gasteiger partial charge < -0.3 is 9.84 Å². The Morgan fingerprint density at radius 1 is 0.561 bits per heavy atom. The van der Waals surface area contributed by atoms with E-state index in [4.69, 9.17) is 9.84 Å². The Morgan fingerprint density at radius 3 is 1.51 bits per heavy atom. The zero-order chi connectivity index (χ0) is 30.1. The van der Waals surface area contributed by atoms with Crippen LogP contribution in [0.5, 0.6) is 0 Å². The Labute approximate surface area is 254 Å². The first-order valence-corrected chi connectivity index (χ1v) is 17.5. The van der Waals surface area contributed by atoms with Gasteiger partial charge in [-0.2, -0.15) is 0 Å². The van der Waals surface area contributed by atoms with E-state index in [0.717, 1.165) is 77.0 Å². The number of esters is 1. The van der Waals surface area contributed by atoms with Crippen LogP contribution in [0.1, 0.15) is 181 Å². The van der Waals surface area contributed by atoms with Gasteiger partial charge in [-0.05, 0) is 51.0 Å². The van der Waals surface area contributed by atoms with Crippen LogP contribution in [-0.2, 0) is 14.3 Å². The van der Waals surface area contributed by atoms with E-state index in [1.54, 1.807) is 0 Å². The van der Waals surface area contributed by atoms with Gasteiger partial charge in [-0.15, -0.1) is 0 Å². The first kappa shape index (κ1) is 39.2. The Hall–Kier alpha value is -1.84. The third kappa shape index (κ3) is 32.5. The van der Waals surface area contributed by atoms with Crippen molar-refractivity contribution in [3.63, 3.8) is 0 Å².